The molecule has 0 radical (unpaired) electrons. The van der Waals surface area contributed by atoms with Crippen LogP contribution in [-0.4, -0.2) is 71.7 Å². The van der Waals surface area contributed by atoms with Gasteiger partial charge in [0.2, 0.25) is 11.7 Å². The Labute approximate surface area is 182 Å². The van der Waals surface area contributed by atoms with Crippen LogP contribution in [0.1, 0.15) is 30.2 Å². The van der Waals surface area contributed by atoms with Crippen LogP contribution in [0.15, 0.2) is 28.8 Å². The van der Waals surface area contributed by atoms with Crippen molar-refractivity contribution in [2.45, 2.75) is 31.5 Å². The number of nitrogens with one attached hydrogen (secondary N) is 1. The second kappa shape index (κ2) is 9.16. The third kappa shape index (κ3) is 5.28. The Balaban J connectivity index is 0.000000307. The molecular weight excluding hydrogens is 429 g/mol. The molecule has 0 amide bonds. The van der Waals surface area contributed by atoms with E-state index in [0.717, 1.165) is 57.4 Å². The number of hydrogen-bond donors (Lipinski definition) is 2. The summed E-state index contributed by atoms with van der Waals surface area (Å²) < 4.78 is 42.7. The van der Waals surface area contributed by atoms with Crippen molar-refractivity contribution in [1.29, 1.82) is 0 Å². The summed E-state index contributed by atoms with van der Waals surface area (Å²) in [5.41, 5.74) is 2.73. The van der Waals surface area contributed by atoms with Crippen molar-refractivity contribution in [3.63, 3.8) is 0 Å². The van der Waals surface area contributed by atoms with Crippen LogP contribution in [0.5, 0.6) is 0 Å². The van der Waals surface area contributed by atoms with Gasteiger partial charge >= 0.3 is 12.1 Å². The molecule has 5 rings (SSSR count). The van der Waals surface area contributed by atoms with E-state index in [1.165, 1.54) is 18.4 Å². The van der Waals surface area contributed by atoms with Crippen LogP contribution in [-0.2, 0) is 16.1 Å². The van der Waals surface area contributed by atoms with E-state index in [9.17, 15) is 13.2 Å². The third-order valence-electron chi connectivity index (χ3n) is 6.17. The number of benzene rings is 1. The highest BCUT2D eigenvalue weighted by Crippen LogP contribution is 2.62. The summed E-state index contributed by atoms with van der Waals surface area (Å²) in [6, 6.07) is 8.54. The minimum atomic E-state index is -5.08. The maximum atomic E-state index is 10.6. The van der Waals surface area contributed by atoms with E-state index in [1.807, 2.05) is 0 Å². The van der Waals surface area contributed by atoms with Crippen LogP contribution in [0.4, 0.5) is 13.2 Å². The number of carboxylic acids is 1. The molecule has 3 fully saturated rings. The van der Waals surface area contributed by atoms with Crippen molar-refractivity contribution in [2.24, 2.45) is 5.41 Å². The van der Waals surface area contributed by atoms with Crippen LogP contribution in [0.3, 0.4) is 0 Å². The lowest BCUT2D eigenvalue weighted by Gasteiger charge is -2.26. The maximum absolute atomic E-state index is 10.6. The smallest absolute Gasteiger partial charge is 0.475 e. The van der Waals surface area contributed by atoms with Gasteiger partial charge in [0, 0.05) is 37.7 Å². The van der Waals surface area contributed by atoms with E-state index in [1.54, 1.807) is 0 Å². The lowest BCUT2D eigenvalue weighted by molar-refractivity contribution is -0.192. The van der Waals surface area contributed by atoms with Crippen molar-refractivity contribution in [1.82, 2.24) is 20.4 Å². The van der Waals surface area contributed by atoms with Crippen molar-refractivity contribution in [3.05, 3.63) is 35.7 Å². The molecule has 1 aliphatic carbocycles. The monoisotopic (exact) mass is 454 g/mol. The molecule has 2 saturated heterocycles. The van der Waals surface area contributed by atoms with Crippen molar-refractivity contribution >= 4 is 5.97 Å². The Morgan fingerprint density at radius 2 is 1.94 bits per heavy atom. The SMILES string of the molecule is O=C(O)C(F)(F)F.c1cc(-c2noc(C3CC34CCNC4)n2)ccc1CN1CCOCC1. The van der Waals surface area contributed by atoms with E-state index in [0.29, 0.717) is 17.2 Å². The molecule has 3 heterocycles. The summed E-state index contributed by atoms with van der Waals surface area (Å²) in [6.45, 7) is 6.86. The summed E-state index contributed by atoms with van der Waals surface area (Å²) in [7, 11) is 0. The lowest BCUT2D eigenvalue weighted by Crippen LogP contribution is -2.35. The molecule has 2 N–H and O–H groups in total. The van der Waals surface area contributed by atoms with Gasteiger partial charge in [0.1, 0.15) is 0 Å². The van der Waals surface area contributed by atoms with E-state index in [4.69, 9.17) is 19.2 Å². The van der Waals surface area contributed by atoms with Gasteiger partial charge in [-0.05, 0) is 30.4 Å². The summed E-state index contributed by atoms with van der Waals surface area (Å²) in [5, 5.41) is 14.8. The number of ether oxygens (including phenoxy) is 1. The highest BCUT2D eigenvalue weighted by molar-refractivity contribution is 5.73. The van der Waals surface area contributed by atoms with Crippen LogP contribution < -0.4 is 5.32 Å². The Bertz CT molecular complexity index is 920. The molecule has 2 unspecified atom stereocenters. The van der Waals surface area contributed by atoms with Crippen molar-refractivity contribution in [3.8, 4) is 11.4 Å². The van der Waals surface area contributed by atoms with Crippen molar-refractivity contribution in [2.75, 3.05) is 39.4 Å². The number of hydrogen-bond acceptors (Lipinski definition) is 7. The Morgan fingerprint density at radius 3 is 2.53 bits per heavy atom. The number of carbonyl (C=O) groups is 1. The molecular formula is C21H25F3N4O4. The Morgan fingerprint density at radius 1 is 1.25 bits per heavy atom. The first kappa shape index (κ1) is 22.7. The van der Waals surface area contributed by atoms with Gasteiger partial charge in [-0.2, -0.15) is 18.2 Å². The largest absolute Gasteiger partial charge is 0.490 e. The van der Waals surface area contributed by atoms with Gasteiger partial charge in [0.25, 0.3) is 0 Å². The van der Waals surface area contributed by atoms with E-state index in [2.05, 4.69) is 44.6 Å². The second-order valence-corrected chi connectivity index (χ2v) is 8.39. The molecule has 32 heavy (non-hydrogen) atoms. The van der Waals surface area contributed by atoms with E-state index >= 15 is 0 Å². The predicted molar refractivity (Wildman–Crippen MR) is 107 cm³/mol. The summed E-state index contributed by atoms with van der Waals surface area (Å²) in [6.07, 6.45) is -2.67. The normalized spacial score (nSPS) is 25.4. The highest BCUT2D eigenvalue weighted by atomic mass is 19.4. The molecule has 1 aromatic carbocycles. The predicted octanol–water partition coefficient (Wildman–Crippen LogP) is 2.67. The summed E-state index contributed by atoms with van der Waals surface area (Å²) in [5.74, 6) is -0.783. The second-order valence-electron chi connectivity index (χ2n) is 8.39. The number of halogens is 3. The topological polar surface area (TPSA) is 101 Å². The molecule has 3 aliphatic rings. The fourth-order valence-electron chi connectivity index (χ4n) is 4.20. The molecule has 2 aliphatic heterocycles. The molecule has 2 atom stereocenters. The maximum Gasteiger partial charge on any atom is 0.490 e. The third-order valence-corrected chi connectivity index (χ3v) is 6.17. The van der Waals surface area contributed by atoms with Gasteiger partial charge in [0.05, 0.1) is 13.2 Å². The number of rotatable bonds is 4. The van der Waals surface area contributed by atoms with Gasteiger partial charge in [-0.15, -0.1) is 0 Å². The number of aliphatic carboxylic acids is 1. The summed E-state index contributed by atoms with van der Waals surface area (Å²) >= 11 is 0. The number of carboxylic acid groups (broad SMARTS) is 1. The van der Waals surface area contributed by atoms with Gasteiger partial charge in [-0.3, -0.25) is 4.90 Å². The molecule has 1 spiro atoms. The number of aromatic nitrogens is 2. The first-order chi connectivity index (χ1) is 15.3. The molecule has 11 heteroatoms. The Kier molecular flexibility index (Phi) is 6.50. The first-order valence-electron chi connectivity index (χ1n) is 10.5. The average molecular weight is 454 g/mol. The molecule has 174 valence electrons. The zero-order valence-electron chi connectivity index (χ0n) is 17.4. The average Bonchev–Trinajstić information content (AvgIpc) is 3.09. The molecule has 8 nitrogen and oxygen atoms in total. The molecule has 0 bridgehead atoms. The number of alkyl halides is 3. The molecule has 1 aromatic heterocycles. The van der Waals surface area contributed by atoms with Gasteiger partial charge < -0.3 is 19.7 Å². The quantitative estimate of drug-likeness (QED) is 0.728. The van der Waals surface area contributed by atoms with E-state index in [-0.39, 0.29) is 0 Å². The van der Waals surface area contributed by atoms with Crippen LogP contribution in [0.25, 0.3) is 11.4 Å². The molecule has 1 saturated carbocycles. The van der Waals surface area contributed by atoms with Crippen molar-refractivity contribution < 1.29 is 32.3 Å². The van der Waals surface area contributed by atoms with E-state index < -0.39 is 12.1 Å². The Hall–Kier alpha value is -2.50. The van der Waals surface area contributed by atoms with Gasteiger partial charge in [0.15, 0.2) is 0 Å². The number of morpholine rings is 1. The number of nitrogens with zero attached hydrogens (tertiary/aromatic N) is 3. The van der Waals surface area contributed by atoms with Gasteiger partial charge in [-0.1, -0.05) is 29.4 Å². The van der Waals surface area contributed by atoms with Crippen LogP contribution in [0, 0.1) is 5.41 Å². The fourth-order valence-corrected chi connectivity index (χ4v) is 4.20. The zero-order chi connectivity index (χ0) is 22.8. The van der Waals surface area contributed by atoms with Crippen LogP contribution in [0.2, 0.25) is 0 Å². The fraction of sp³-hybridized carbons (Fsp3) is 0.571. The molecule has 2 aromatic rings. The standard InChI is InChI=1S/C19H24N4O2.C2HF3O2/c1-3-15(4-2-14(1)12-23-7-9-24-10-8-23)17-21-18(25-22-17)16-11-19(16)5-6-20-13-19;3-2(4,5)1(6)7/h1-4,16,20H,5-13H2;(H,6,7). The first-order valence-corrected chi connectivity index (χ1v) is 10.5. The lowest BCUT2D eigenvalue weighted by atomic mass is 10.0. The zero-order valence-corrected chi connectivity index (χ0v) is 17.4. The van der Waals surface area contributed by atoms with Crippen LogP contribution >= 0.6 is 0 Å². The minimum Gasteiger partial charge on any atom is -0.475 e. The summed E-state index contributed by atoms with van der Waals surface area (Å²) in [4.78, 5) is 16.0. The van der Waals surface area contributed by atoms with Gasteiger partial charge in [-0.25, -0.2) is 4.79 Å². The minimum absolute atomic E-state index is 0.395. The highest BCUT2D eigenvalue weighted by Gasteiger charge is 2.58.